The van der Waals surface area contributed by atoms with Crippen LogP contribution >= 0.6 is 0 Å². The zero-order valence-corrected chi connectivity index (χ0v) is 14.8. The lowest BCUT2D eigenvalue weighted by atomic mass is 10.2. The van der Waals surface area contributed by atoms with Crippen LogP contribution in [0.25, 0.3) is 0 Å². The van der Waals surface area contributed by atoms with Crippen LogP contribution in [0.2, 0.25) is 0 Å². The molecule has 6 heteroatoms. The molecule has 0 bridgehead atoms. The van der Waals surface area contributed by atoms with Crippen LogP contribution in [0.4, 0.5) is 5.69 Å². The topological polar surface area (TPSA) is 69.2 Å². The van der Waals surface area contributed by atoms with Crippen LogP contribution in [0, 0.1) is 0 Å². The number of anilines is 1. The average Bonchev–Trinajstić information content (AvgIpc) is 2.66. The van der Waals surface area contributed by atoms with Gasteiger partial charge >= 0.3 is 0 Å². The van der Waals surface area contributed by atoms with Gasteiger partial charge in [0.15, 0.2) is 11.5 Å². The smallest absolute Gasteiger partial charge is 0.203 e. The van der Waals surface area contributed by atoms with E-state index in [1.54, 1.807) is 33.5 Å². The number of hydrogen-bond donors (Lipinski definition) is 2. The molecule has 1 unspecified atom stereocenters. The van der Waals surface area contributed by atoms with E-state index in [0.29, 0.717) is 30.4 Å². The maximum atomic E-state index is 10.1. The van der Waals surface area contributed by atoms with Crippen molar-refractivity contribution in [2.24, 2.45) is 0 Å². The minimum atomic E-state index is -0.636. The molecule has 0 radical (unpaired) electrons. The lowest BCUT2D eigenvalue weighted by Gasteiger charge is -2.17. The van der Waals surface area contributed by atoms with Crippen molar-refractivity contribution in [3.8, 4) is 17.2 Å². The van der Waals surface area contributed by atoms with E-state index < -0.39 is 6.10 Å². The van der Waals surface area contributed by atoms with Gasteiger partial charge in [-0.15, -0.1) is 0 Å². The minimum Gasteiger partial charge on any atom is -0.493 e. The summed E-state index contributed by atoms with van der Waals surface area (Å²) in [6.45, 7) is 1.06. The Balaban J connectivity index is 1.85. The Kier molecular flexibility index (Phi) is 7.37. The Hall–Kier alpha value is -2.44. The van der Waals surface area contributed by atoms with Crippen molar-refractivity contribution in [3.63, 3.8) is 0 Å². The fraction of sp³-hybridized carbons (Fsp3) is 0.368. The van der Waals surface area contributed by atoms with E-state index in [0.717, 1.165) is 11.3 Å². The van der Waals surface area contributed by atoms with Crippen LogP contribution in [0.3, 0.4) is 0 Å². The molecule has 2 aromatic rings. The first kappa shape index (κ1) is 18.9. The minimum absolute atomic E-state index is 0.242. The number of rotatable bonds is 10. The van der Waals surface area contributed by atoms with Crippen molar-refractivity contribution >= 4 is 5.69 Å². The van der Waals surface area contributed by atoms with Crippen molar-refractivity contribution in [1.82, 2.24) is 0 Å². The fourth-order valence-corrected chi connectivity index (χ4v) is 2.36. The van der Waals surface area contributed by atoms with Gasteiger partial charge in [0.1, 0.15) is 0 Å². The van der Waals surface area contributed by atoms with Crippen molar-refractivity contribution in [2.75, 3.05) is 39.8 Å². The normalized spacial score (nSPS) is 11.7. The van der Waals surface area contributed by atoms with Gasteiger partial charge in [-0.2, -0.15) is 0 Å². The Morgan fingerprint density at radius 3 is 2.16 bits per heavy atom. The second-order valence-electron chi connectivity index (χ2n) is 5.45. The summed E-state index contributed by atoms with van der Waals surface area (Å²) in [5, 5.41) is 13.2. The third-order valence-electron chi connectivity index (χ3n) is 3.63. The molecule has 0 aromatic heterocycles. The molecule has 136 valence electrons. The van der Waals surface area contributed by atoms with Crippen LogP contribution in [0.15, 0.2) is 42.5 Å². The Morgan fingerprint density at radius 1 is 0.960 bits per heavy atom. The van der Waals surface area contributed by atoms with Crippen LogP contribution in [-0.2, 0) is 11.3 Å². The predicted octanol–water partition coefficient (Wildman–Crippen LogP) is 2.70. The summed E-state index contributed by atoms with van der Waals surface area (Å²) in [6.07, 6.45) is -0.636. The van der Waals surface area contributed by atoms with E-state index in [2.05, 4.69) is 5.32 Å². The molecule has 0 amide bonds. The number of benzene rings is 2. The zero-order chi connectivity index (χ0) is 18.1. The maximum Gasteiger partial charge on any atom is 0.203 e. The summed E-state index contributed by atoms with van der Waals surface area (Å²) in [7, 11) is 4.68. The Morgan fingerprint density at radius 2 is 1.60 bits per heavy atom. The molecule has 0 saturated carbocycles. The van der Waals surface area contributed by atoms with Gasteiger partial charge in [0.05, 0.1) is 40.6 Å². The van der Waals surface area contributed by atoms with E-state index in [4.69, 9.17) is 18.9 Å². The first-order valence-electron chi connectivity index (χ1n) is 8.01. The van der Waals surface area contributed by atoms with E-state index >= 15 is 0 Å². The van der Waals surface area contributed by atoms with Gasteiger partial charge in [-0.25, -0.2) is 0 Å². The standard InChI is InChI=1S/C19H25NO5/c1-22-17-9-15(10-18(23-2)19(17)24-3)20-11-16(21)13-25-12-14-7-5-4-6-8-14/h4-10,16,20-21H,11-13H2,1-3H3. The SMILES string of the molecule is COc1cc(NCC(O)COCc2ccccc2)cc(OC)c1OC. The van der Waals surface area contributed by atoms with Crippen LogP contribution in [0.5, 0.6) is 17.2 Å². The van der Waals surface area contributed by atoms with Crippen molar-refractivity contribution in [1.29, 1.82) is 0 Å². The van der Waals surface area contributed by atoms with Gasteiger partial charge in [0, 0.05) is 24.4 Å². The third kappa shape index (κ3) is 5.55. The first-order valence-corrected chi connectivity index (χ1v) is 8.01. The van der Waals surface area contributed by atoms with Crippen LogP contribution in [0.1, 0.15) is 5.56 Å². The van der Waals surface area contributed by atoms with Gasteiger partial charge in [-0.05, 0) is 5.56 Å². The number of aliphatic hydroxyl groups is 1. The monoisotopic (exact) mass is 347 g/mol. The van der Waals surface area contributed by atoms with Gasteiger partial charge in [-0.1, -0.05) is 30.3 Å². The number of aliphatic hydroxyl groups excluding tert-OH is 1. The summed E-state index contributed by atoms with van der Waals surface area (Å²) < 4.78 is 21.4. The highest BCUT2D eigenvalue weighted by Crippen LogP contribution is 2.39. The van der Waals surface area contributed by atoms with Crippen molar-refractivity contribution in [2.45, 2.75) is 12.7 Å². The van der Waals surface area contributed by atoms with Crippen molar-refractivity contribution in [3.05, 3.63) is 48.0 Å². The lowest BCUT2D eigenvalue weighted by Crippen LogP contribution is -2.24. The van der Waals surface area contributed by atoms with Crippen molar-refractivity contribution < 1.29 is 24.1 Å². The molecular weight excluding hydrogens is 322 g/mol. The molecule has 25 heavy (non-hydrogen) atoms. The highest BCUT2D eigenvalue weighted by atomic mass is 16.5. The number of hydrogen-bond acceptors (Lipinski definition) is 6. The predicted molar refractivity (Wildman–Crippen MR) is 96.7 cm³/mol. The molecule has 0 fully saturated rings. The molecule has 2 aromatic carbocycles. The molecular formula is C19H25NO5. The molecule has 0 aliphatic carbocycles. The molecule has 2 N–H and O–H groups in total. The summed E-state index contributed by atoms with van der Waals surface area (Å²) in [6, 6.07) is 13.4. The molecule has 0 aliphatic heterocycles. The molecule has 0 spiro atoms. The second-order valence-corrected chi connectivity index (χ2v) is 5.45. The summed E-state index contributed by atoms with van der Waals surface area (Å²) >= 11 is 0. The van der Waals surface area contributed by atoms with Gasteiger partial charge < -0.3 is 29.4 Å². The van der Waals surface area contributed by atoms with Crippen LogP contribution in [-0.4, -0.2) is 45.7 Å². The van der Waals surface area contributed by atoms with Gasteiger partial charge in [0.2, 0.25) is 5.75 Å². The average molecular weight is 347 g/mol. The zero-order valence-electron chi connectivity index (χ0n) is 14.8. The quantitative estimate of drug-likeness (QED) is 0.689. The molecule has 2 rings (SSSR count). The second kappa shape index (κ2) is 9.76. The number of methoxy groups -OCH3 is 3. The lowest BCUT2D eigenvalue weighted by molar-refractivity contribution is 0.0348. The number of ether oxygens (including phenoxy) is 4. The Bertz CT molecular complexity index is 623. The first-order chi connectivity index (χ1) is 12.2. The van der Waals surface area contributed by atoms with E-state index in [1.807, 2.05) is 30.3 Å². The highest BCUT2D eigenvalue weighted by molar-refractivity contribution is 5.62. The summed E-state index contributed by atoms with van der Waals surface area (Å²) in [4.78, 5) is 0. The molecule has 0 saturated heterocycles. The van der Waals surface area contributed by atoms with Gasteiger partial charge in [0.25, 0.3) is 0 Å². The van der Waals surface area contributed by atoms with E-state index in [-0.39, 0.29) is 6.61 Å². The maximum absolute atomic E-state index is 10.1. The summed E-state index contributed by atoms with van der Waals surface area (Å²) in [5.74, 6) is 1.64. The van der Waals surface area contributed by atoms with E-state index in [9.17, 15) is 5.11 Å². The molecule has 0 aliphatic rings. The van der Waals surface area contributed by atoms with E-state index in [1.165, 1.54) is 0 Å². The largest absolute Gasteiger partial charge is 0.493 e. The fourth-order valence-electron chi connectivity index (χ4n) is 2.36. The Labute approximate surface area is 148 Å². The molecule has 6 nitrogen and oxygen atoms in total. The highest BCUT2D eigenvalue weighted by Gasteiger charge is 2.13. The van der Waals surface area contributed by atoms with Gasteiger partial charge in [-0.3, -0.25) is 0 Å². The molecule has 0 heterocycles. The number of nitrogens with one attached hydrogen (secondary N) is 1. The van der Waals surface area contributed by atoms with Crippen LogP contribution < -0.4 is 19.5 Å². The molecule has 1 atom stereocenters. The summed E-state index contributed by atoms with van der Waals surface area (Å²) in [5.41, 5.74) is 1.84. The third-order valence-corrected chi connectivity index (χ3v) is 3.63.